The minimum atomic E-state index is -0.849. The second-order valence-electron chi connectivity index (χ2n) is 11.4. The summed E-state index contributed by atoms with van der Waals surface area (Å²) in [4.78, 5) is 74.6. The smallest absolute Gasteiger partial charge is 0.261 e. The molecule has 0 spiro atoms. The van der Waals surface area contributed by atoms with Gasteiger partial charge in [0, 0.05) is 37.6 Å². The zero-order valence-electron chi connectivity index (χ0n) is 26.7. The van der Waals surface area contributed by atoms with Crippen LogP contribution in [0.2, 0.25) is 0 Å². The number of nitrogens with zero attached hydrogens (tertiary/aromatic N) is 3. The van der Waals surface area contributed by atoms with Gasteiger partial charge >= 0.3 is 0 Å². The fourth-order valence-corrected chi connectivity index (χ4v) is 5.37. The number of benzene rings is 2. The van der Waals surface area contributed by atoms with Crippen molar-refractivity contribution in [3.63, 3.8) is 0 Å². The van der Waals surface area contributed by atoms with Crippen molar-refractivity contribution < 1.29 is 23.9 Å². The van der Waals surface area contributed by atoms with Crippen molar-refractivity contribution in [2.75, 3.05) is 25.0 Å². The Morgan fingerprint density at radius 2 is 1.90 bits per heavy atom. The molecule has 2 atom stereocenters. The fourth-order valence-electron chi connectivity index (χ4n) is 5.37. The summed E-state index contributed by atoms with van der Waals surface area (Å²) in [7, 11) is 0. The van der Waals surface area contributed by atoms with Crippen LogP contribution in [0.15, 0.2) is 65.7 Å². The van der Waals surface area contributed by atoms with E-state index in [-0.39, 0.29) is 60.6 Å². The SMILES string of the molecule is CCn1cc(C(=O)Nc2ccc3c(c2)C(=O)NCCC(=O)N[C@@H](CCN)C(=O)N[C@@H](Cc2ccccc2)CO3)c(=O)c2ncc(C)nc21. The molecule has 0 unspecified atom stereocenters. The Bertz CT molecular complexity index is 1890. The number of carbonyl (C=O) groups is 4. The standard InChI is InChI=1S/C34H38N8O6/c1-3-42-18-25(30(44)29-31(42)38-20(2)17-37-29)33(46)39-22-9-10-27-24(16-22)32(45)36-14-12-28(43)41-26(11-13-35)34(47)40-23(19-48-27)15-21-7-5-4-6-8-21/h4-10,16-18,23,26H,3,11-15,19,35H2,1-2H3,(H,36,45)(H,39,46)(H,40,47)(H,41,43)/t23-,26-/m0/s1. The Balaban J connectivity index is 1.44. The Hall–Kier alpha value is -5.63. The molecule has 0 bridgehead atoms. The molecule has 48 heavy (non-hydrogen) atoms. The molecule has 14 heteroatoms. The highest BCUT2D eigenvalue weighted by Crippen LogP contribution is 2.24. The molecule has 0 aliphatic carbocycles. The maximum atomic E-state index is 13.4. The van der Waals surface area contributed by atoms with Gasteiger partial charge in [-0.1, -0.05) is 30.3 Å². The zero-order valence-corrected chi connectivity index (χ0v) is 26.7. The number of hydrogen-bond acceptors (Lipinski definition) is 9. The molecule has 2 aromatic heterocycles. The van der Waals surface area contributed by atoms with E-state index in [0.29, 0.717) is 24.3 Å². The number of nitrogens with one attached hydrogen (secondary N) is 4. The monoisotopic (exact) mass is 654 g/mol. The number of aromatic nitrogens is 3. The molecule has 6 N–H and O–H groups in total. The van der Waals surface area contributed by atoms with Gasteiger partial charge in [0.2, 0.25) is 17.2 Å². The number of pyridine rings is 1. The van der Waals surface area contributed by atoms with Crippen LogP contribution in [0.25, 0.3) is 11.2 Å². The van der Waals surface area contributed by atoms with Crippen LogP contribution >= 0.6 is 0 Å². The summed E-state index contributed by atoms with van der Waals surface area (Å²) < 4.78 is 7.81. The molecule has 0 saturated heterocycles. The normalized spacial score (nSPS) is 17.3. The van der Waals surface area contributed by atoms with E-state index in [1.807, 2.05) is 37.3 Å². The lowest BCUT2D eigenvalue weighted by Gasteiger charge is -2.25. The number of fused-ring (bicyclic) bond motifs is 2. The highest BCUT2D eigenvalue weighted by molar-refractivity contribution is 6.06. The largest absolute Gasteiger partial charge is 0.491 e. The lowest BCUT2D eigenvalue weighted by atomic mass is 10.1. The van der Waals surface area contributed by atoms with Crippen LogP contribution in [0, 0.1) is 6.92 Å². The number of carbonyl (C=O) groups excluding carboxylic acids is 4. The van der Waals surface area contributed by atoms with Gasteiger partial charge in [0.15, 0.2) is 11.2 Å². The maximum absolute atomic E-state index is 13.4. The Labute approximate surface area is 276 Å². The molecule has 3 heterocycles. The number of rotatable bonds is 7. The Morgan fingerprint density at radius 3 is 2.65 bits per heavy atom. The maximum Gasteiger partial charge on any atom is 0.261 e. The molecule has 4 amide bonds. The molecular weight excluding hydrogens is 616 g/mol. The molecule has 0 saturated carbocycles. The van der Waals surface area contributed by atoms with Crippen LogP contribution in [-0.4, -0.2) is 69.9 Å². The van der Waals surface area contributed by atoms with Gasteiger partial charge in [0.1, 0.15) is 24.0 Å². The van der Waals surface area contributed by atoms with Crippen LogP contribution in [0.3, 0.4) is 0 Å². The first-order valence-corrected chi connectivity index (χ1v) is 15.7. The Kier molecular flexibility index (Phi) is 10.8. The van der Waals surface area contributed by atoms with Crippen molar-refractivity contribution in [3.8, 4) is 5.75 Å². The highest BCUT2D eigenvalue weighted by Gasteiger charge is 2.25. The molecule has 4 aromatic rings. The van der Waals surface area contributed by atoms with E-state index in [1.54, 1.807) is 17.6 Å². The molecule has 1 aliphatic heterocycles. The van der Waals surface area contributed by atoms with Crippen molar-refractivity contribution in [1.29, 1.82) is 0 Å². The molecule has 0 radical (unpaired) electrons. The number of hydrogen-bond donors (Lipinski definition) is 5. The average Bonchev–Trinajstić information content (AvgIpc) is 3.07. The first-order valence-electron chi connectivity index (χ1n) is 15.7. The van der Waals surface area contributed by atoms with Crippen LogP contribution < -0.4 is 37.2 Å². The number of anilines is 1. The van der Waals surface area contributed by atoms with Crippen molar-refractivity contribution in [1.82, 2.24) is 30.5 Å². The number of nitrogens with two attached hydrogens (primary N) is 1. The second-order valence-corrected chi connectivity index (χ2v) is 11.4. The average molecular weight is 655 g/mol. The van der Waals surface area contributed by atoms with Crippen LogP contribution in [-0.2, 0) is 22.6 Å². The van der Waals surface area contributed by atoms with E-state index in [4.69, 9.17) is 10.5 Å². The second kappa shape index (κ2) is 15.3. The van der Waals surface area contributed by atoms with E-state index < -0.39 is 41.1 Å². The van der Waals surface area contributed by atoms with Gasteiger partial charge in [-0.25, -0.2) is 9.97 Å². The number of amides is 4. The van der Waals surface area contributed by atoms with Crippen molar-refractivity contribution >= 4 is 40.5 Å². The summed E-state index contributed by atoms with van der Waals surface area (Å²) >= 11 is 0. The fraction of sp³-hybridized carbons (Fsp3) is 0.324. The summed E-state index contributed by atoms with van der Waals surface area (Å²) in [6.07, 6.45) is 3.47. The van der Waals surface area contributed by atoms with E-state index in [2.05, 4.69) is 31.2 Å². The van der Waals surface area contributed by atoms with Gasteiger partial charge in [-0.15, -0.1) is 0 Å². The summed E-state index contributed by atoms with van der Waals surface area (Å²) in [5, 5.41) is 11.1. The van der Waals surface area contributed by atoms with Gasteiger partial charge in [-0.3, -0.25) is 24.0 Å². The first kappa shape index (κ1) is 33.7. The minimum Gasteiger partial charge on any atom is -0.491 e. The number of ether oxygens (including phenoxy) is 1. The van der Waals surface area contributed by atoms with E-state index >= 15 is 0 Å². The summed E-state index contributed by atoms with van der Waals surface area (Å²) in [6, 6.07) is 12.6. The molecule has 2 aromatic carbocycles. The molecular formula is C34H38N8O6. The van der Waals surface area contributed by atoms with Gasteiger partial charge in [0.25, 0.3) is 11.8 Å². The third-order valence-electron chi connectivity index (χ3n) is 7.81. The summed E-state index contributed by atoms with van der Waals surface area (Å²) in [5.74, 6) is -1.86. The molecule has 5 rings (SSSR count). The third kappa shape index (κ3) is 8.01. The number of aryl methyl sites for hydroxylation is 2. The van der Waals surface area contributed by atoms with Gasteiger partial charge in [0.05, 0.1) is 17.3 Å². The quantitative estimate of drug-likeness (QED) is 0.196. The molecule has 14 nitrogen and oxygen atoms in total. The van der Waals surface area contributed by atoms with Gasteiger partial charge in [-0.2, -0.15) is 0 Å². The predicted octanol–water partition coefficient (Wildman–Crippen LogP) is 1.45. The minimum absolute atomic E-state index is 0.00985. The summed E-state index contributed by atoms with van der Waals surface area (Å²) in [6.45, 7) is 4.22. The van der Waals surface area contributed by atoms with Gasteiger partial charge in [-0.05, 0) is 57.0 Å². The van der Waals surface area contributed by atoms with Crippen molar-refractivity contribution in [2.24, 2.45) is 5.73 Å². The van der Waals surface area contributed by atoms with Crippen molar-refractivity contribution in [3.05, 3.63) is 93.5 Å². The molecule has 1 aliphatic rings. The lowest BCUT2D eigenvalue weighted by Crippen LogP contribution is -2.52. The topological polar surface area (TPSA) is 199 Å². The van der Waals surface area contributed by atoms with Crippen LogP contribution in [0.5, 0.6) is 5.75 Å². The van der Waals surface area contributed by atoms with Gasteiger partial charge < -0.3 is 36.3 Å². The van der Waals surface area contributed by atoms with E-state index in [1.165, 1.54) is 24.5 Å². The van der Waals surface area contributed by atoms with Crippen molar-refractivity contribution in [2.45, 2.75) is 51.7 Å². The first-order chi connectivity index (χ1) is 23.2. The summed E-state index contributed by atoms with van der Waals surface area (Å²) in [5.41, 5.74) is 7.36. The molecule has 0 fully saturated rings. The van der Waals surface area contributed by atoms with E-state index in [0.717, 1.165) is 5.56 Å². The Morgan fingerprint density at radius 1 is 1.10 bits per heavy atom. The zero-order chi connectivity index (χ0) is 34.2. The third-order valence-corrected chi connectivity index (χ3v) is 7.81. The predicted molar refractivity (Wildman–Crippen MR) is 179 cm³/mol. The molecule has 250 valence electrons. The van der Waals surface area contributed by atoms with Crippen LogP contribution in [0.1, 0.15) is 51.7 Å². The highest BCUT2D eigenvalue weighted by atomic mass is 16.5. The van der Waals surface area contributed by atoms with E-state index in [9.17, 15) is 24.0 Å². The van der Waals surface area contributed by atoms with Crippen LogP contribution in [0.4, 0.5) is 5.69 Å². The lowest BCUT2D eigenvalue weighted by molar-refractivity contribution is -0.129.